The molecule has 140 valence electrons. The molecule has 0 atom stereocenters. The minimum atomic E-state index is -0.152. The number of hydrogen-bond donors (Lipinski definition) is 2. The first kappa shape index (κ1) is 17.5. The third-order valence-electron chi connectivity index (χ3n) is 5.51. The molecule has 27 heavy (non-hydrogen) atoms. The van der Waals surface area contributed by atoms with Crippen molar-refractivity contribution < 1.29 is 4.79 Å². The Kier molecular flexibility index (Phi) is 4.51. The highest BCUT2D eigenvalue weighted by molar-refractivity contribution is 5.94. The van der Waals surface area contributed by atoms with Crippen LogP contribution in [-0.4, -0.2) is 44.1 Å². The van der Waals surface area contributed by atoms with Gasteiger partial charge in [0.25, 0.3) is 11.5 Å². The summed E-state index contributed by atoms with van der Waals surface area (Å²) < 4.78 is 0. The van der Waals surface area contributed by atoms with Gasteiger partial charge in [-0.25, -0.2) is 0 Å². The van der Waals surface area contributed by atoms with Crippen LogP contribution in [0, 0.1) is 6.92 Å². The van der Waals surface area contributed by atoms with Gasteiger partial charge in [-0.1, -0.05) is 13.0 Å². The minimum Gasteiger partial charge on any atom is -0.337 e. The highest BCUT2D eigenvalue weighted by Gasteiger charge is 2.28. The van der Waals surface area contributed by atoms with Crippen LogP contribution in [0.25, 0.3) is 10.9 Å². The van der Waals surface area contributed by atoms with Gasteiger partial charge in [-0.05, 0) is 38.3 Å². The highest BCUT2D eigenvalue weighted by Crippen LogP contribution is 2.28. The number of nitrogens with zero attached hydrogens (tertiary/aromatic N) is 3. The molecule has 4 rings (SSSR count). The largest absolute Gasteiger partial charge is 0.337 e. The maximum atomic E-state index is 12.8. The Labute approximate surface area is 156 Å². The quantitative estimate of drug-likeness (QED) is 0.746. The highest BCUT2D eigenvalue weighted by atomic mass is 16.2. The van der Waals surface area contributed by atoms with Crippen molar-refractivity contribution in [2.24, 2.45) is 0 Å². The van der Waals surface area contributed by atoms with E-state index in [0.717, 1.165) is 41.6 Å². The number of fused-ring (bicyclic) bond motifs is 1. The van der Waals surface area contributed by atoms with Crippen molar-refractivity contribution in [1.29, 1.82) is 0 Å². The number of H-pyrrole nitrogens is 2. The van der Waals surface area contributed by atoms with Crippen LogP contribution in [0.2, 0.25) is 0 Å². The Morgan fingerprint density at radius 3 is 2.81 bits per heavy atom. The lowest BCUT2D eigenvalue weighted by Crippen LogP contribution is -2.38. The molecule has 7 nitrogen and oxygen atoms in total. The molecule has 1 fully saturated rings. The maximum absolute atomic E-state index is 12.8. The number of hydrogen-bond acceptors (Lipinski definition) is 4. The molecular weight excluding hydrogens is 342 g/mol. The number of pyridine rings is 2. The zero-order valence-electron chi connectivity index (χ0n) is 15.6. The monoisotopic (exact) mass is 365 g/mol. The van der Waals surface area contributed by atoms with Gasteiger partial charge in [0.1, 0.15) is 5.52 Å². The average molecular weight is 365 g/mol. The molecule has 1 saturated heterocycles. The van der Waals surface area contributed by atoms with Crippen LogP contribution in [-0.2, 0) is 6.42 Å². The third-order valence-corrected chi connectivity index (χ3v) is 5.51. The van der Waals surface area contributed by atoms with E-state index in [0.29, 0.717) is 24.3 Å². The van der Waals surface area contributed by atoms with Gasteiger partial charge in [0.05, 0.1) is 0 Å². The van der Waals surface area contributed by atoms with Gasteiger partial charge in [0.15, 0.2) is 5.69 Å². The zero-order valence-corrected chi connectivity index (χ0v) is 15.6. The molecule has 1 aliphatic heterocycles. The molecule has 3 aromatic rings. The standard InChI is InChI=1S/C20H23N5O2/c1-3-15-12(2)17(24-23-15)20(27)25-9-6-13(7-10-25)16-11-14-5-4-8-21-18(14)19(26)22-16/h4-5,8,11,13H,3,6-7,9-10H2,1-2H3,(H,22,26)(H,23,24). The fraction of sp³-hybridized carbons (Fsp3) is 0.400. The lowest BCUT2D eigenvalue weighted by atomic mass is 9.92. The lowest BCUT2D eigenvalue weighted by molar-refractivity contribution is 0.0705. The SMILES string of the molecule is CCc1[nH]nc(C(=O)N2CCC(c3cc4cccnc4c(=O)[nH]3)CC2)c1C. The van der Waals surface area contributed by atoms with Gasteiger partial charge in [-0.15, -0.1) is 0 Å². The van der Waals surface area contributed by atoms with E-state index in [1.54, 1.807) is 6.20 Å². The summed E-state index contributed by atoms with van der Waals surface area (Å²) in [6.07, 6.45) is 4.09. The number of carbonyl (C=O) groups excluding carboxylic acids is 1. The minimum absolute atomic E-state index is 0.0156. The molecule has 3 aromatic heterocycles. The predicted octanol–water partition coefficient (Wildman–Crippen LogP) is 2.54. The van der Waals surface area contributed by atoms with E-state index in [1.165, 1.54) is 0 Å². The Bertz CT molecular complexity index is 1040. The van der Waals surface area contributed by atoms with Crippen molar-refractivity contribution in [2.75, 3.05) is 13.1 Å². The second-order valence-electron chi connectivity index (χ2n) is 7.09. The summed E-state index contributed by atoms with van der Waals surface area (Å²) in [4.78, 5) is 34.1. The Morgan fingerprint density at radius 2 is 2.11 bits per heavy atom. The van der Waals surface area contributed by atoms with Crippen LogP contribution in [0.4, 0.5) is 0 Å². The van der Waals surface area contributed by atoms with E-state index in [4.69, 9.17) is 0 Å². The topological polar surface area (TPSA) is 94.7 Å². The van der Waals surface area contributed by atoms with Gasteiger partial charge in [0, 0.05) is 47.5 Å². The van der Waals surface area contributed by atoms with Crippen molar-refractivity contribution in [3.05, 3.63) is 57.4 Å². The summed E-state index contributed by atoms with van der Waals surface area (Å²) in [5, 5.41) is 8.03. The third kappa shape index (κ3) is 3.13. The number of aromatic amines is 2. The first-order valence-electron chi connectivity index (χ1n) is 9.39. The molecule has 0 aromatic carbocycles. The van der Waals surface area contributed by atoms with E-state index in [2.05, 4.69) is 20.2 Å². The van der Waals surface area contributed by atoms with Gasteiger partial charge < -0.3 is 9.88 Å². The normalized spacial score (nSPS) is 15.4. The number of likely N-dealkylation sites (tertiary alicyclic amines) is 1. The van der Waals surface area contributed by atoms with Crippen molar-refractivity contribution in [3.8, 4) is 0 Å². The number of rotatable bonds is 3. The van der Waals surface area contributed by atoms with Crippen molar-refractivity contribution >= 4 is 16.8 Å². The molecule has 1 amide bonds. The van der Waals surface area contributed by atoms with Crippen LogP contribution < -0.4 is 5.56 Å². The van der Waals surface area contributed by atoms with Crippen LogP contribution >= 0.6 is 0 Å². The molecule has 7 heteroatoms. The number of piperidine rings is 1. The molecule has 1 aliphatic rings. The summed E-state index contributed by atoms with van der Waals surface area (Å²) in [5.41, 5.74) is 3.72. The summed E-state index contributed by atoms with van der Waals surface area (Å²) in [6.45, 7) is 5.30. The molecule has 0 saturated carbocycles. The Hall–Kier alpha value is -2.96. The number of aryl methyl sites for hydroxylation is 1. The van der Waals surface area contributed by atoms with Gasteiger partial charge in [-0.3, -0.25) is 19.7 Å². The number of nitrogens with one attached hydrogen (secondary N) is 2. The predicted molar refractivity (Wildman–Crippen MR) is 103 cm³/mol. The fourth-order valence-electron chi connectivity index (χ4n) is 3.87. The second kappa shape index (κ2) is 6.98. The average Bonchev–Trinajstić information content (AvgIpc) is 3.08. The van der Waals surface area contributed by atoms with Crippen molar-refractivity contribution in [3.63, 3.8) is 0 Å². The van der Waals surface area contributed by atoms with Crippen molar-refractivity contribution in [2.45, 2.75) is 39.0 Å². The summed E-state index contributed by atoms with van der Waals surface area (Å²) in [6, 6.07) is 5.76. The van der Waals surface area contributed by atoms with Crippen LogP contribution in [0.5, 0.6) is 0 Å². The Morgan fingerprint density at radius 1 is 1.33 bits per heavy atom. The number of aromatic nitrogens is 4. The molecule has 0 spiro atoms. The molecular formula is C20H23N5O2. The molecule has 0 bridgehead atoms. The van der Waals surface area contributed by atoms with E-state index in [-0.39, 0.29) is 17.4 Å². The first-order valence-corrected chi connectivity index (χ1v) is 9.39. The van der Waals surface area contributed by atoms with E-state index < -0.39 is 0 Å². The van der Waals surface area contributed by atoms with Crippen LogP contribution in [0.1, 0.15) is 53.1 Å². The second-order valence-corrected chi connectivity index (χ2v) is 7.09. The molecule has 0 unspecified atom stereocenters. The molecule has 4 heterocycles. The zero-order chi connectivity index (χ0) is 19.0. The van der Waals surface area contributed by atoms with E-state index in [1.807, 2.05) is 36.9 Å². The maximum Gasteiger partial charge on any atom is 0.274 e. The number of carbonyl (C=O) groups is 1. The van der Waals surface area contributed by atoms with Gasteiger partial charge >= 0.3 is 0 Å². The summed E-state index contributed by atoms with van der Waals surface area (Å²) in [7, 11) is 0. The molecule has 0 aliphatic carbocycles. The van der Waals surface area contributed by atoms with E-state index in [9.17, 15) is 9.59 Å². The smallest absolute Gasteiger partial charge is 0.274 e. The first-order chi connectivity index (χ1) is 13.1. The van der Waals surface area contributed by atoms with Crippen molar-refractivity contribution in [1.82, 2.24) is 25.1 Å². The van der Waals surface area contributed by atoms with Gasteiger partial charge in [0.2, 0.25) is 0 Å². The molecule has 2 N–H and O–H groups in total. The number of amides is 1. The molecule has 0 radical (unpaired) electrons. The van der Waals surface area contributed by atoms with Crippen LogP contribution in [0.3, 0.4) is 0 Å². The Balaban J connectivity index is 1.50. The summed E-state index contributed by atoms with van der Waals surface area (Å²) in [5.74, 6) is 0.218. The summed E-state index contributed by atoms with van der Waals surface area (Å²) >= 11 is 0. The van der Waals surface area contributed by atoms with Crippen LogP contribution in [0.15, 0.2) is 29.2 Å². The lowest BCUT2D eigenvalue weighted by Gasteiger charge is -2.31. The van der Waals surface area contributed by atoms with E-state index >= 15 is 0 Å². The van der Waals surface area contributed by atoms with Gasteiger partial charge in [-0.2, -0.15) is 5.10 Å². The fourth-order valence-corrected chi connectivity index (χ4v) is 3.87.